The van der Waals surface area contributed by atoms with Crippen molar-refractivity contribution in [1.82, 2.24) is 9.97 Å². The zero-order valence-electron chi connectivity index (χ0n) is 20.6. The maximum atomic E-state index is 10.5. The summed E-state index contributed by atoms with van der Waals surface area (Å²) in [6, 6.07) is 28.2. The molecule has 0 aliphatic carbocycles. The van der Waals surface area contributed by atoms with Gasteiger partial charge in [0.2, 0.25) is 0 Å². The molecular formula is C31H26N3OPt-. The van der Waals surface area contributed by atoms with Gasteiger partial charge in [0.15, 0.2) is 0 Å². The van der Waals surface area contributed by atoms with Gasteiger partial charge in [-0.1, -0.05) is 55.8 Å². The molecule has 5 heteroatoms. The number of anilines is 3. The summed E-state index contributed by atoms with van der Waals surface area (Å²) in [5.74, 6) is 1.05. The van der Waals surface area contributed by atoms with Crippen LogP contribution in [0.2, 0.25) is 0 Å². The number of benzene rings is 3. The van der Waals surface area contributed by atoms with Crippen LogP contribution in [0.1, 0.15) is 36.1 Å². The van der Waals surface area contributed by atoms with E-state index < -0.39 is 0 Å². The van der Waals surface area contributed by atoms with Crippen LogP contribution in [0.25, 0.3) is 22.2 Å². The van der Waals surface area contributed by atoms with E-state index in [0.717, 1.165) is 45.0 Å². The second kappa shape index (κ2) is 8.87. The molecule has 0 amide bonds. The number of pyridine rings is 2. The number of aromatic nitrogens is 2. The number of hydrogen-bond acceptors (Lipinski definition) is 4. The van der Waals surface area contributed by atoms with E-state index in [1.165, 1.54) is 11.1 Å². The molecule has 3 heterocycles. The number of fused-ring (bicyclic) bond motifs is 3. The van der Waals surface area contributed by atoms with Crippen LogP contribution >= 0.6 is 0 Å². The Labute approximate surface area is 225 Å². The summed E-state index contributed by atoms with van der Waals surface area (Å²) in [5, 5.41) is 11.4. The van der Waals surface area contributed by atoms with Crippen LogP contribution in [0.4, 0.5) is 17.2 Å². The van der Waals surface area contributed by atoms with Crippen molar-refractivity contribution < 1.29 is 26.2 Å². The molecule has 5 aromatic rings. The van der Waals surface area contributed by atoms with Crippen molar-refractivity contribution in [3.63, 3.8) is 0 Å². The maximum absolute atomic E-state index is 10.5. The first kappa shape index (κ1) is 24.2. The number of para-hydroxylation sites is 2. The molecule has 3 aromatic carbocycles. The molecule has 36 heavy (non-hydrogen) atoms. The van der Waals surface area contributed by atoms with E-state index in [1.807, 2.05) is 31.3 Å². The Bertz CT molecular complexity index is 1630. The number of rotatable bonds is 2. The molecule has 0 spiro atoms. The molecule has 0 saturated heterocycles. The van der Waals surface area contributed by atoms with Crippen molar-refractivity contribution in [2.75, 3.05) is 4.90 Å². The average Bonchev–Trinajstić information content (AvgIpc) is 2.85. The molecule has 2 aromatic heterocycles. The summed E-state index contributed by atoms with van der Waals surface area (Å²) in [6.45, 7) is 8.65. The van der Waals surface area contributed by atoms with Gasteiger partial charge in [-0.25, -0.2) is 4.98 Å². The Balaban J connectivity index is 0.00000267. The predicted octanol–water partition coefficient (Wildman–Crippen LogP) is 7.53. The van der Waals surface area contributed by atoms with E-state index in [2.05, 4.69) is 80.3 Å². The third-order valence-electron chi connectivity index (χ3n) is 7.07. The van der Waals surface area contributed by atoms with E-state index in [1.54, 1.807) is 6.07 Å². The molecule has 0 saturated carbocycles. The van der Waals surface area contributed by atoms with E-state index in [0.29, 0.717) is 5.52 Å². The topological polar surface area (TPSA) is 49.2 Å². The quantitative estimate of drug-likeness (QED) is 0.201. The summed E-state index contributed by atoms with van der Waals surface area (Å²) >= 11 is 0. The second-order valence-corrected chi connectivity index (χ2v) is 9.80. The van der Waals surface area contributed by atoms with Crippen LogP contribution in [-0.4, -0.2) is 15.1 Å². The molecule has 1 N–H and O–H groups in total. The first-order valence-electron chi connectivity index (χ1n) is 11.8. The van der Waals surface area contributed by atoms with Crippen LogP contribution in [-0.2, 0) is 26.5 Å². The summed E-state index contributed by atoms with van der Waals surface area (Å²) in [6.07, 6.45) is 1.85. The smallest absolute Gasteiger partial charge is 0.140 e. The number of aromatic hydroxyl groups is 1. The van der Waals surface area contributed by atoms with Gasteiger partial charge in [-0.2, -0.15) is 0 Å². The molecule has 1 aliphatic rings. The zero-order chi connectivity index (χ0) is 24.3. The first-order chi connectivity index (χ1) is 16.8. The number of phenolic OH excluding ortho intramolecular Hbond substituents is 1. The zero-order valence-corrected chi connectivity index (χ0v) is 22.9. The summed E-state index contributed by atoms with van der Waals surface area (Å²) in [5.41, 5.74) is 8.80. The van der Waals surface area contributed by atoms with Gasteiger partial charge in [0.1, 0.15) is 17.1 Å². The standard InChI is InChI=1S/C31H26N3O.Pt/c1-19-14-15-32-29(16-19)34-26-10-6-5-9-23(26)31(3,4)24-13-12-21(18-27(24)34)25-17-20(2)22-8-7-11-28(35)30(22)33-25;/h5-17,35H,1-4H3;/q-1;. The predicted molar refractivity (Wildman–Crippen MR) is 142 cm³/mol. The third kappa shape index (κ3) is 3.72. The second-order valence-electron chi connectivity index (χ2n) is 9.80. The Morgan fingerprint density at radius 1 is 0.889 bits per heavy atom. The van der Waals surface area contributed by atoms with Crippen molar-refractivity contribution in [3.8, 4) is 17.0 Å². The maximum Gasteiger partial charge on any atom is 0.140 e. The number of hydrogen-bond donors (Lipinski definition) is 1. The Hall–Kier alpha value is -3.49. The van der Waals surface area contributed by atoms with Crippen LogP contribution in [0.15, 0.2) is 79.0 Å². The van der Waals surface area contributed by atoms with Crippen LogP contribution in [0.5, 0.6) is 5.75 Å². The Morgan fingerprint density at radius 2 is 1.69 bits per heavy atom. The van der Waals surface area contributed by atoms with Gasteiger partial charge in [-0.15, -0.1) is 23.8 Å². The van der Waals surface area contributed by atoms with E-state index in [4.69, 9.17) is 9.97 Å². The van der Waals surface area contributed by atoms with E-state index >= 15 is 0 Å². The normalized spacial score (nSPS) is 13.6. The van der Waals surface area contributed by atoms with Gasteiger partial charge in [0, 0.05) is 38.3 Å². The van der Waals surface area contributed by atoms with Crippen molar-refractivity contribution in [2.45, 2.75) is 33.1 Å². The van der Waals surface area contributed by atoms with Gasteiger partial charge < -0.3 is 10.0 Å². The van der Waals surface area contributed by atoms with Crippen molar-refractivity contribution in [1.29, 1.82) is 0 Å². The van der Waals surface area contributed by atoms with Gasteiger partial charge in [-0.3, -0.25) is 4.98 Å². The van der Waals surface area contributed by atoms with Crippen molar-refractivity contribution in [3.05, 3.63) is 107 Å². The molecule has 1 aliphatic heterocycles. The third-order valence-corrected chi connectivity index (χ3v) is 7.07. The SMILES string of the molecule is Cc1ccnc(N2c3[c-]c(-c4cc(C)c5cccc(O)c5n4)ccc3C(C)(C)c3ccccc32)c1.[Pt]. The number of phenols is 1. The molecule has 0 radical (unpaired) electrons. The fourth-order valence-electron chi connectivity index (χ4n) is 5.20. The average molecular weight is 652 g/mol. The fraction of sp³-hybridized carbons (Fsp3) is 0.161. The van der Waals surface area contributed by atoms with Crippen molar-refractivity contribution in [2.24, 2.45) is 0 Å². The molecule has 0 atom stereocenters. The van der Waals surface area contributed by atoms with Gasteiger partial charge in [0.05, 0.1) is 0 Å². The summed E-state index contributed by atoms with van der Waals surface area (Å²) in [4.78, 5) is 11.8. The minimum Gasteiger partial charge on any atom is -0.506 e. The summed E-state index contributed by atoms with van der Waals surface area (Å²) < 4.78 is 0. The van der Waals surface area contributed by atoms with Crippen LogP contribution in [0, 0.1) is 19.9 Å². The molecule has 182 valence electrons. The molecule has 0 fully saturated rings. The molecule has 0 bridgehead atoms. The number of aryl methyl sites for hydroxylation is 2. The minimum absolute atomic E-state index is 0. The molecular weight excluding hydrogens is 625 g/mol. The first-order valence-corrected chi connectivity index (χ1v) is 11.8. The minimum atomic E-state index is -0.202. The largest absolute Gasteiger partial charge is 0.506 e. The van der Waals surface area contributed by atoms with Crippen LogP contribution < -0.4 is 4.90 Å². The van der Waals surface area contributed by atoms with Gasteiger partial charge in [-0.05, 0) is 71.6 Å². The molecule has 0 unspecified atom stereocenters. The van der Waals surface area contributed by atoms with Crippen LogP contribution in [0.3, 0.4) is 0 Å². The molecule has 4 nitrogen and oxygen atoms in total. The van der Waals surface area contributed by atoms with Gasteiger partial charge in [0.25, 0.3) is 0 Å². The number of nitrogens with zero attached hydrogens (tertiary/aromatic N) is 3. The van der Waals surface area contributed by atoms with Crippen molar-refractivity contribution >= 4 is 28.1 Å². The summed E-state index contributed by atoms with van der Waals surface area (Å²) in [7, 11) is 0. The Morgan fingerprint density at radius 3 is 2.50 bits per heavy atom. The monoisotopic (exact) mass is 651 g/mol. The molecule has 6 rings (SSSR count). The van der Waals surface area contributed by atoms with Gasteiger partial charge >= 0.3 is 0 Å². The van der Waals surface area contributed by atoms with E-state index in [-0.39, 0.29) is 32.2 Å². The fourth-order valence-corrected chi connectivity index (χ4v) is 5.20. The Kier molecular flexibility index (Phi) is 5.96. The van der Waals surface area contributed by atoms with E-state index in [9.17, 15) is 5.11 Å².